The van der Waals surface area contributed by atoms with E-state index < -0.39 is 17.6 Å². The molecule has 0 aromatic rings. The summed E-state index contributed by atoms with van der Waals surface area (Å²) < 4.78 is 37.9. The minimum atomic E-state index is -4.66. The van der Waals surface area contributed by atoms with Crippen LogP contribution in [0.2, 0.25) is 0 Å². The number of alkyl halides is 3. The van der Waals surface area contributed by atoms with E-state index in [2.05, 4.69) is 0 Å². The second-order valence-corrected chi connectivity index (χ2v) is 3.39. The van der Waals surface area contributed by atoms with Crippen molar-refractivity contribution in [2.24, 2.45) is 5.41 Å². The van der Waals surface area contributed by atoms with E-state index in [-0.39, 0.29) is 25.7 Å². The van der Waals surface area contributed by atoms with Gasteiger partial charge in [0, 0.05) is 0 Å². The first kappa shape index (κ1) is 13.3. The van der Waals surface area contributed by atoms with Crippen molar-refractivity contribution < 1.29 is 23.1 Å². The summed E-state index contributed by atoms with van der Waals surface area (Å²) in [5, 5.41) is 8.70. The highest BCUT2D eigenvalue weighted by Crippen LogP contribution is 2.45. The molecule has 0 atom stereocenters. The number of aliphatic carboxylic acids is 1. The van der Waals surface area contributed by atoms with Crippen molar-refractivity contribution in [3.63, 3.8) is 0 Å². The molecular formula is C9H15F3O2. The van der Waals surface area contributed by atoms with Crippen molar-refractivity contribution in [3.05, 3.63) is 0 Å². The molecule has 0 aromatic heterocycles. The molecule has 0 aliphatic carbocycles. The fourth-order valence-electron chi connectivity index (χ4n) is 1.60. The summed E-state index contributed by atoms with van der Waals surface area (Å²) >= 11 is 0. The largest absolute Gasteiger partial charge is 0.481 e. The maximum absolute atomic E-state index is 12.6. The zero-order valence-electron chi connectivity index (χ0n) is 8.32. The summed E-state index contributed by atoms with van der Waals surface area (Å²) in [4.78, 5) is 10.7. The quantitative estimate of drug-likeness (QED) is 0.759. The van der Waals surface area contributed by atoms with Crippen LogP contribution in [0, 0.1) is 5.41 Å². The Morgan fingerprint density at radius 2 is 1.50 bits per heavy atom. The molecule has 14 heavy (non-hydrogen) atoms. The summed E-state index contributed by atoms with van der Waals surface area (Å²) in [7, 11) is 0. The van der Waals surface area contributed by atoms with Crippen LogP contribution in [0.25, 0.3) is 0 Å². The summed E-state index contributed by atoms with van der Waals surface area (Å²) in [6, 6.07) is 0. The van der Waals surface area contributed by atoms with Gasteiger partial charge in [0.1, 0.15) is 0 Å². The second kappa shape index (κ2) is 4.66. The fourth-order valence-corrected chi connectivity index (χ4v) is 1.60. The van der Waals surface area contributed by atoms with Crippen molar-refractivity contribution in [1.82, 2.24) is 0 Å². The van der Waals surface area contributed by atoms with E-state index in [1.807, 2.05) is 0 Å². The molecule has 0 heterocycles. The number of hydrogen-bond donors (Lipinski definition) is 1. The molecule has 0 aliphatic heterocycles. The third-order valence-electron chi connectivity index (χ3n) is 2.31. The summed E-state index contributed by atoms with van der Waals surface area (Å²) in [6.45, 7) is 3.11. The number of carboxylic acids is 1. The van der Waals surface area contributed by atoms with E-state index in [9.17, 15) is 18.0 Å². The molecule has 0 aromatic carbocycles. The Kier molecular flexibility index (Phi) is 4.42. The molecular weight excluding hydrogens is 197 g/mol. The van der Waals surface area contributed by atoms with E-state index in [0.29, 0.717) is 0 Å². The van der Waals surface area contributed by atoms with Gasteiger partial charge in [-0.05, 0) is 12.8 Å². The van der Waals surface area contributed by atoms with Gasteiger partial charge < -0.3 is 5.11 Å². The molecule has 1 N–H and O–H groups in total. The van der Waals surface area contributed by atoms with Crippen LogP contribution in [0.1, 0.15) is 39.5 Å². The Morgan fingerprint density at radius 3 is 1.64 bits per heavy atom. The predicted molar refractivity (Wildman–Crippen MR) is 45.9 cm³/mol. The lowest BCUT2D eigenvalue weighted by Gasteiger charge is -2.31. The first-order chi connectivity index (χ1) is 6.31. The lowest BCUT2D eigenvalue weighted by atomic mass is 9.78. The normalized spacial score (nSPS) is 12.9. The third-order valence-corrected chi connectivity index (χ3v) is 2.31. The lowest BCUT2D eigenvalue weighted by Crippen LogP contribution is -2.44. The number of carboxylic acid groups (broad SMARTS) is 1. The average molecular weight is 212 g/mol. The van der Waals surface area contributed by atoms with E-state index in [4.69, 9.17) is 5.11 Å². The van der Waals surface area contributed by atoms with Gasteiger partial charge in [0.25, 0.3) is 0 Å². The van der Waals surface area contributed by atoms with Crippen LogP contribution in [-0.4, -0.2) is 17.3 Å². The maximum Gasteiger partial charge on any atom is 0.404 e. The highest BCUT2D eigenvalue weighted by Gasteiger charge is 2.58. The van der Waals surface area contributed by atoms with Gasteiger partial charge in [0.2, 0.25) is 0 Å². The van der Waals surface area contributed by atoms with Gasteiger partial charge in [-0.15, -0.1) is 0 Å². The maximum atomic E-state index is 12.6. The first-order valence-electron chi connectivity index (χ1n) is 4.62. The average Bonchev–Trinajstić information content (AvgIpc) is 2.01. The van der Waals surface area contributed by atoms with Gasteiger partial charge in [-0.1, -0.05) is 26.7 Å². The molecule has 0 radical (unpaired) electrons. The second-order valence-electron chi connectivity index (χ2n) is 3.39. The topological polar surface area (TPSA) is 37.3 Å². The monoisotopic (exact) mass is 212 g/mol. The van der Waals surface area contributed by atoms with Crippen LogP contribution in [-0.2, 0) is 4.79 Å². The fraction of sp³-hybridized carbons (Fsp3) is 0.889. The Morgan fingerprint density at radius 1 is 1.14 bits per heavy atom. The summed E-state index contributed by atoms with van der Waals surface area (Å²) in [6.07, 6.45) is -4.93. The molecule has 0 rings (SSSR count). The molecule has 0 saturated carbocycles. The molecule has 0 bridgehead atoms. The molecule has 0 amide bonds. The predicted octanol–water partition coefficient (Wildman–Crippen LogP) is 3.22. The van der Waals surface area contributed by atoms with E-state index in [0.717, 1.165) is 0 Å². The van der Waals surface area contributed by atoms with Crippen molar-refractivity contribution >= 4 is 5.97 Å². The van der Waals surface area contributed by atoms with Gasteiger partial charge in [0.05, 0.1) is 0 Å². The van der Waals surface area contributed by atoms with Crippen LogP contribution in [0.15, 0.2) is 0 Å². The van der Waals surface area contributed by atoms with Crippen LogP contribution in [0.3, 0.4) is 0 Å². The highest BCUT2D eigenvalue weighted by molar-refractivity contribution is 5.75. The molecule has 0 fully saturated rings. The Hall–Kier alpha value is -0.740. The Labute approximate surface area is 81.1 Å². The standard InChI is InChI=1S/C9H15F3O2/c1-3-5-8(6-4-2,7(13)14)9(10,11)12/h3-6H2,1-2H3,(H,13,14). The van der Waals surface area contributed by atoms with Crippen molar-refractivity contribution in [2.75, 3.05) is 0 Å². The minimum Gasteiger partial charge on any atom is -0.481 e. The first-order valence-corrected chi connectivity index (χ1v) is 4.62. The smallest absolute Gasteiger partial charge is 0.404 e. The number of halogens is 3. The van der Waals surface area contributed by atoms with Gasteiger partial charge >= 0.3 is 12.1 Å². The van der Waals surface area contributed by atoms with Gasteiger partial charge in [-0.3, -0.25) is 4.79 Å². The molecule has 0 unspecified atom stereocenters. The van der Waals surface area contributed by atoms with Crippen LogP contribution < -0.4 is 0 Å². The third kappa shape index (κ3) is 2.39. The van der Waals surface area contributed by atoms with Gasteiger partial charge in [-0.2, -0.15) is 13.2 Å². The van der Waals surface area contributed by atoms with Gasteiger partial charge in [-0.25, -0.2) is 0 Å². The van der Waals surface area contributed by atoms with Crippen molar-refractivity contribution in [2.45, 2.75) is 45.7 Å². The van der Waals surface area contributed by atoms with Gasteiger partial charge in [0.15, 0.2) is 5.41 Å². The number of hydrogen-bond acceptors (Lipinski definition) is 1. The van der Waals surface area contributed by atoms with E-state index in [1.165, 1.54) is 0 Å². The zero-order chi connectivity index (χ0) is 11.4. The summed E-state index contributed by atoms with van der Waals surface area (Å²) in [5.41, 5.74) is -2.55. The van der Waals surface area contributed by atoms with Crippen LogP contribution >= 0.6 is 0 Å². The highest BCUT2D eigenvalue weighted by atomic mass is 19.4. The molecule has 5 heteroatoms. The molecule has 0 saturated heterocycles. The zero-order valence-corrected chi connectivity index (χ0v) is 8.32. The number of carbonyl (C=O) groups is 1. The van der Waals surface area contributed by atoms with E-state index in [1.54, 1.807) is 13.8 Å². The summed E-state index contributed by atoms with van der Waals surface area (Å²) in [5.74, 6) is -1.76. The van der Waals surface area contributed by atoms with Crippen molar-refractivity contribution in [3.8, 4) is 0 Å². The van der Waals surface area contributed by atoms with Crippen LogP contribution in [0.5, 0.6) is 0 Å². The molecule has 2 nitrogen and oxygen atoms in total. The van der Waals surface area contributed by atoms with Crippen molar-refractivity contribution in [1.29, 1.82) is 0 Å². The lowest BCUT2D eigenvalue weighted by molar-refractivity contribution is -0.235. The molecule has 0 aliphatic rings. The SMILES string of the molecule is CCCC(CCC)(C(=O)O)C(F)(F)F. The Bertz CT molecular complexity index is 193. The van der Waals surface area contributed by atoms with E-state index >= 15 is 0 Å². The number of rotatable bonds is 5. The van der Waals surface area contributed by atoms with Crippen LogP contribution in [0.4, 0.5) is 13.2 Å². The molecule has 0 spiro atoms. The Balaban J connectivity index is 5.04. The minimum absolute atomic E-state index is 0.214. The molecule has 84 valence electrons.